The van der Waals surface area contributed by atoms with Crippen LogP contribution in [-0.2, 0) is 11.8 Å². The Morgan fingerprint density at radius 2 is 1.85 bits per heavy atom. The minimum absolute atomic E-state index is 0.117. The first-order valence-electron chi connectivity index (χ1n) is 9.10. The highest BCUT2D eigenvalue weighted by Gasteiger charge is 2.14. The number of benzene rings is 1. The molecule has 1 aromatic carbocycles. The number of hydrogen-bond acceptors (Lipinski definition) is 6. The van der Waals surface area contributed by atoms with E-state index in [1.807, 2.05) is 25.2 Å². The Kier molecular flexibility index (Phi) is 5.56. The van der Waals surface area contributed by atoms with Crippen molar-refractivity contribution in [2.75, 3.05) is 7.05 Å². The molecule has 0 aliphatic heterocycles. The molecule has 1 unspecified atom stereocenters. The molecule has 1 atom stereocenters. The number of aromatic nitrogens is 3. The van der Waals surface area contributed by atoms with E-state index in [0.717, 1.165) is 11.3 Å². The second kappa shape index (κ2) is 7.88. The third kappa shape index (κ3) is 4.92. The summed E-state index contributed by atoms with van der Waals surface area (Å²) in [7, 11) is 1.91. The quantitative estimate of drug-likeness (QED) is 0.698. The molecule has 0 spiro atoms. The molecule has 0 aliphatic carbocycles. The SMILES string of the molecule is CNC(C)Cc1noc(-c2ccc(Oc3ccc(C(C)(C)C)cc3)nc2)n1. The van der Waals surface area contributed by atoms with E-state index in [9.17, 15) is 0 Å². The molecule has 0 radical (unpaired) electrons. The van der Waals surface area contributed by atoms with Gasteiger partial charge >= 0.3 is 0 Å². The van der Waals surface area contributed by atoms with Crippen molar-refractivity contribution in [3.8, 4) is 23.1 Å². The first kappa shape index (κ1) is 19.0. The summed E-state index contributed by atoms with van der Waals surface area (Å²) in [6, 6.07) is 12.0. The molecule has 0 fully saturated rings. The van der Waals surface area contributed by atoms with Gasteiger partial charge < -0.3 is 14.6 Å². The van der Waals surface area contributed by atoms with Gasteiger partial charge in [-0.3, -0.25) is 0 Å². The number of nitrogens with zero attached hydrogens (tertiary/aromatic N) is 3. The molecule has 1 N–H and O–H groups in total. The Morgan fingerprint density at radius 3 is 2.44 bits per heavy atom. The van der Waals surface area contributed by atoms with Crippen LogP contribution in [0.4, 0.5) is 0 Å². The highest BCUT2D eigenvalue weighted by atomic mass is 16.5. The zero-order chi connectivity index (χ0) is 19.4. The Labute approximate surface area is 160 Å². The maximum atomic E-state index is 5.82. The molecule has 2 aromatic heterocycles. The summed E-state index contributed by atoms with van der Waals surface area (Å²) in [6.07, 6.45) is 2.39. The van der Waals surface area contributed by atoms with Crippen LogP contribution >= 0.6 is 0 Å². The van der Waals surface area contributed by atoms with E-state index in [2.05, 4.69) is 60.3 Å². The lowest BCUT2D eigenvalue weighted by Crippen LogP contribution is -2.24. The van der Waals surface area contributed by atoms with E-state index in [-0.39, 0.29) is 11.5 Å². The summed E-state index contributed by atoms with van der Waals surface area (Å²) in [5.41, 5.74) is 2.14. The van der Waals surface area contributed by atoms with Gasteiger partial charge in [0.15, 0.2) is 5.82 Å². The number of hydrogen-bond donors (Lipinski definition) is 1. The zero-order valence-corrected chi connectivity index (χ0v) is 16.5. The second-order valence-electron chi connectivity index (χ2n) is 7.67. The molecule has 2 heterocycles. The van der Waals surface area contributed by atoms with E-state index >= 15 is 0 Å². The van der Waals surface area contributed by atoms with Gasteiger partial charge in [-0.05, 0) is 43.1 Å². The fourth-order valence-electron chi connectivity index (χ4n) is 2.54. The highest BCUT2D eigenvalue weighted by molar-refractivity contribution is 5.51. The van der Waals surface area contributed by atoms with Crippen LogP contribution in [0.1, 0.15) is 39.1 Å². The molecule has 3 aromatic rings. The molecule has 27 heavy (non-hydrogen) atoms. The van der Waals surface area contributed by atoms with Crippen molar-refractivity contribution in [2.45, 2.75) is 45.6 Å². The molecule has 0 saturated heterocycles. The third-order valence-electron chi connectivity index (χ3n) is 4.38. The third-order valence-corrected chi connectivity index (χ3v) is 4.38. The lowest BCUT2D eigenvalue weighted by atomic mass is 9.87. The number of pyridine rings is 1. The van der Waals surface area contributed by atoms with E-state index in [0.29, 0.717) is 24.0 Å². The molecule has 6 nitrogen and oxygen atoms in total. The average Bonchev–Trinajstić information content (AvgIpc) is 3.10. The number of rotatable bonds is 6. The monoisotopic (exact) mass is 366 g/mol. The predicted octanol–water partition coefficient (Wildman–Crippen LogP) is 4.37. The summed E-state index contributed by atoms with van der Waals surface area (Å²) in [6.45, 7) is 8.63. The Balaban J connectivity index is 1.67. The second-order valence-corrected chi connectivity index (χ2v) is 7.67. The maximum Gasteiger partial charge on any atom is 0.259 e. The van der Waals surface area contributed by atoms with E-state index in [1.165, 1.54) is 5.56 Å². The topological polar surface area (TPSA) is 73.1 Å². The van der Waals surface area contributed by atoms with Crippen molar-refractivity contribution < 1.29 is 9.26 Å². The number of nitrogens with one attached hydrogen (secondary N) is 1. The highest BCUT2D eigenvalue weighted by Crippen LogP contribution is 2.27. The molecule has 3 rings (SSSR count). The van der Waals surface area contributed by atoms with Crippen LogP contribution < -0.4 is 10.1 Å². The number of ether oxygens (including phenoxy) is 1. The van der Waals surface area contributed by atoms with Crippen LogP contribution in [-0.4, -0.2) is 28.2 Å². The van der Waals surface area contributed by atoms with Crippen LogP contribution in [0.15, 0.2) is 47.1 Å². The normalized spacial score (nSPS) is 12.8. The van der Waals surface area contributed by atoms with Crippen molar-refractivity contribution in [3.63, 3.8) is 0 Å². The van der Waals surface area contributed by atoms with Crippen molar-refractivity contribution >= 4 is 0 Å². The largest absolute Gasteiger partial charge is 0.439 e. The Morgan fingerprint density at radius 1 is 1.11 bits per heavy atom. The molecule has 0 amide bonds. The first-order valence-corrected chi connectivity index (χ1v) is 9.10. The van der Waals surface area contributed by atoms with Crippen molar-refractivity contribution in [1.82, 2.24) is 20.4 Å². The van der Waals surface area contributed by atoms with Crippen molar-refractivity contribution in [2.24, 2.45) is 0 Å². The average molecular weight is 366 g/mol. The van der Waals surface area contributed by atoms with Gasteiger partial charge in [0.05, 0.1) is 5.56 Å². The van der Waals surface area contributed by atoms with Crippen LogP contribution in [0.3, 0.4) is 0 Å². The molecule has 0 aliphatic rings. The van der Waals surface area contributed by atoms with Crippen LogP contribution in [0.25, 0.3) is 11.5 Å². The van der Waals surface area contributed by atoms with Gasteiger partial charge in [-0.15, -0.1) is 0 Å². The molecule has 0 saturated carbocycles. The summed E-state index contributed by atoms with van der Waals surface area (Å²) < 4.78 is 11.2. The maximum absolute atomic E-state index is 5.82. The fourth-order valence-corrected chi connectivity index (χ4v) is 2.54. The van der Waals surface area contributed by atoms with Crippen LogP contribution in [0, 0.1) is 0 Å². The van der Waals surface area contributed by atoms with Gasteiger partial charge in [0.1, 0.15) is 5.75 Å². The Hall–Kier alpha value is -2.73. The van der Waals surface area contributed by atoms with Crippen LogP contribution in [0.5, 0.6) is 11.6 Å². The standard InChI is InChI=1S/C21H26N4O2/c1-14(22-5)12-18-24-20(27-25-18)15-6-11-19(23-13-15)26-17-9-7-16(8-10-17)21(2,3)4/h6-11,13-14,22H,12H2,1-5H3. The summed E-state index contributed by atoms with van der Waals surface area (Å²) in [5, 5.41) is 7.17. The predicted molar refractivity (Wildman–Crippen MR) is 105 cm³/mol. The molecule has 6 heteroatoms. The van der Waals surface area contributed by atoms with Gasteiger partial charge in [0.25, 0.3) is 5.89 Å². The molecular formula is C21H26N4O2. The van der Waals surface area contributed by atoms with Gasteiger partial charge in [-0.25, -0.2) is 4.98 Å². The summed E-state index contributed by atoms with van der Waals surface area (Å²) >= 11 is 0. The lowest BCUT2D eigenvalue weighted by molar-refractivity contribution is 0.417. The van der Waals surface area contributed by atoms with E-state index in [4.69, 9.17) is 9.26 Å². The molecule has 142 valence electrons. The number of likely N-dealkylation sites (N-methyl/N-ethyl adjacent to an activating group) is 1. The van der Waals surface area contributed by atoms with Gasteiger partial charge in [0.2, 0.25) is 5.88 Å². The summed E-state index contributed by atoms with van der Waals surface area (Å²) in [5.74, 6) is 2.41. The molecular weight excluding hydrogens is 340 g/mol. The first-order chi connectivity index (χ1) is 12.8. The van der Waals surface area contributed by atoms with E-state index in [1.54, 1.807) is 12.3 Å². The van der Waals surface area contributed by atoms with Crippen LogP contribution in [0.2, 0.25) is 0 Å². The zero-order valence-electron chi connectivity index (χ0n) is 16.5. The van der Waals surface area contributed by atoms with Crippen molar-refractivity contribution in [1.29, 1.82) is 0 Å². The minimum atomic E-state index is 0.117. The van der Waals surface area contributed by atoms with Gasteiger partial charge in [-0.1, -0.05) is 38.1 Å². The smallest absolute Gasteiger partial charge is 0.259 e. The minimum Gasteiger partial charge on any atom is -0.439 e. The lowest BCUT2D eigenvalue weighted by Gasteiger charge is -2.19. The van der Waals surface area contributed by atoms with E-state index < -0.39 is 0 Å². The fraction of sp³-hybridized carbons (Fsp3) is 0.381. The van der Waals surface area contributed by atoms with Gasteiger partial charge in [0, 0.05) is 24.7 Å². The summed E-state index contributed by atoms with van der Waals surface area (Å²) in [4.78, 5) is 8.76. The molecule has 0 bridgehead atoms. The van der Waals surface area contributed by atoms with Gasteiger partial charge in [-0.2, -0.15) is 4.98 Å². The van der Waals surface area contributed by atoms with Crippen molar-refractivity contribution in [3.05, 3.63) is 54.0 Å². The Bertz CT molecular complexity index is 864.